The predicted molar refractivity (Wildman–Crippen MR) is 252 cm³/mol. The summed E-state index contributed by atoms with van der Waals surface area (Å²) in [5.74, 6) is 0. The first-order valence-electron chi connectivity index (χ1n) is 20.6. The Labute approximate surface area is 351 Å². The Bertz CT molecular complexity index is 3050. The molecule has 2 aliphatic carbocycles. The Kier molecular flexibility index (Phi) is 8.08. The first kappa shape index (κ1) is 35.5. The van der Waals surface area contributed by atoms with Gasteiger partial charge in [0, 0.05) is 54.6 Å². The largest absolute Gasteiger partial charge is 0.310 e. The molecule has 0 N–H and O–H groups in total. The highest BCUT2D eigenvalue weighted by Crippen LogP contribution is 2.64. The first-order chi connectivity index (χ1) is 28.8. The molecule has 0 spiro atoms. The van der Waals surface area contributed by atoms with Gasteiger partial charge in [0.2, 0.25) is 0 Å². The molecule has 0 fully saturated rings. The SMILES string of the molecule is CC1(C)c2cc(N(c3ccccc3)c3ccc4ccccc4c3)ccc2-c2sc3c(c21)C(C)(C)c1cc(N(c2ccccc2)c2ccccc2-c2ccccc2)ccc1-3. The number of nitrogens with zero attached hydrogens (tertiary/aromatic N) is 2. The van der Waals surface area contributed by atoms with Gasteiger partial charge in [-0.2, -0.15) is 0 Å². The number of para-hydroxylation sites is 3. The highest BCUT2D eigenvalue weighted by Gasteiger charge is 2.48. The van der Waals surface area contributed by atoms with Crippen molar-refractivity contribution in [3.63, 3.8) is 0 Å². The van der Waals surface area contributed by atoms with E-state index < -0.39 is 0 Å². The van der Waals surface area contributed by atoms with E-state index in [9.17, 15) is 0 Å². The van der Waals surface area contributed by atoms with Gasteiger partial charge in [-0.05, 0) is 116 Å². The normalized spacial score (nSPS) is 14.0. The molecule has 0 saturated heterocycles. The van der Waals surface area contributed by atoms with E-state index in [0.717, 1.165) is 22.7 Å². The molecule has 59 heavy (non-hydrogen) atoms. The number of anilines is 6. The predicted octanol–water partition coefficient (Wildman–Crippen LogP) is 16.1. The van der Waals surface area contributed by atoms with Crippen molar-refractivity contribution in [2.24, 2.45) is 0 Å². The van der Waals surface area contributed by atoms with Gasteiger partial charge in [0.15, 0.2) is 0 Å². The Morgan fingerprint density at radius 2 is 0.814 bits per heavy atom. The van der Waals surface area contributed by atoms with E-state index in [2.05, 4.69) is 232 Å². The van der Waals surface area contributed by atoms with Crippen LogP contribution in [0.3, 0.4) is 0 Å². The Balaban J connectivity index is 1.02. The second kappa shape index (κ2) is 13.4. The van der Waals surface area contributed by atoms with Crippen LogP contribution in [0.5, 0.6) is 0 Å². The van der Waals surface area contributed by atoms with Gasteiger partial charge < -0.3 is 9.80 Å². The average Bonchev–Trinajstić information content (AvgIpc) is 3.86. The standard InChI is InChI=1S/C56H44N2S/c1-55(2)48-35-43(57(40-22-10-6-11-23-40)42-29-28-37-18-14-15-21-39(37)34-42)30-32-46(48)53-51(55)52-54(59-53)47-33-31-44(36-49(47)56(52,3)4)58(41-24-12-7-13-25-41)50-27-17-16-26-45(50)38-19-8-5-9-20-38/h5-36H,1-4H3. The lowest BCUT2D eigenvalue weighted by molar-refractivity contribution is 0.603. The van der Waals surface area contributed by atoms with Gasteiger partial charge in [-0.3, -0.25) is 0 Å². The van der Waals surface area contributed by atoms with Crippen molar-refractivity contribution in [2.75, 3.05) is 9.80 Å². The zero-order valence-electron chi connectivity index (χ0n) is 33.8. The maximum atomic E-state index is 2.47. The lowest BCUT2D eigenvalue weighted by Gasteiger charge is -2.31. The molecule has 0 atom stereocenters. The van der Waals surface area contributed by atoms with E-state index >= 15 is 0 Å². The monoisotopic (exact) mass is 776 g/mol. The van der Waals surface area contributed by atoms with Gasteiger partial charge in [0.1, 0.15) is 0 Å². The molecule has 0 amide bonds. The van der Waals surface area contributed by atoms with Crippen LogP contribution in [0.25, 0.3) is 42.8 Å². The van der Waals surface area contributed by atoms with E-state index in [-0.39, 0.29) is 10.8 Å². The lowest BCUT2D eigenvalue weighted by atomic mass is 9.74. The molecule has 2 aliphatic rings. The zero-order valence-corrected chi connectivity index (χ0v) is 34.6. The Morgan fingerprint density at radius 1 is 0.356 bits per heavy atom. The summed E-state index contributed by atoms with van der Waals surface area (Å²) in [6.07, 6.45) is 0. The van der Waals surface area contributed by atoms with Crippen LogP contribution in [0.15, 0.2) is 194 Å². The van der Waals surface area contributed by atoms with Gasteiger partial charge >= 0.3 is 0 Å². The van der Waals surface area contributed by atoms with E-state index in [1.807, 2.05) is 11.3 Å². The van der Waals surface area contributed by atoms with E-state index in [1.54, 1.807) is 0 Å². The van der Waals surface area contributed by atoms with Crippen LogP contribution in [0.4, 0.5) is 34.1 Å². The molecule has 3 heteroatoms. The molecular weight excluding hydrogens is 733 g/mol. The third-order valence-electron chi connectivity index (χ3n) is 12.8. The average molecular weight is 777 g/mol. The van der Waals surface area contributed by atoms with Crippen LogP contribution in [0.2, 0.25) is 0 Å². The first-order valence-corrected chi connectivity index (χ1v) is 21.4. The summed E-state index contributed by atoms with van der Waals surface area (Å²) in [7, 11) is 0. The minimum atomic E-state index is -0.199. The van der Waals surface area contributed by atoms with E-state index in [4.69, 9.17) is 0 Å². The summed E-state index contributed by atoms with van der Waals surface area (Å²) in [5, 5.41) is 2.49. The van der Waals surface area contributed by atoms with Crippen LogP contribution >= 0.6 is 11.3 Å². The van der Waals surface area contributed by atoms with Gasteiger partial charge in [-0.15, -0.1) is 11.3 Å². The fraction of sp³-hybridized carbons (Fsp3) is 0.107. The highest BCUT2D eigenvalue weighted by atomic mass is 32.1. The number of thiophene rings is 1. The van der Waals surface area contributed by atoms with Gasteiger partial charge in [0.05, 0.1) is 5.69 Å². The lowest BCUT2D eigenvalue weighted by Crippen LogP contribution is -2.23. The van der Waals surface area contributed by atoms with Crippen LogP contribution in [-0.2, 0) is 10.8 Å². The minimum absolute atomic E-state index is 0.191. The zero-order chi connectivity index (χ0) is 39.9. The Morgan fingerprint density at radius 3 is 1.42 bits per heavy atom. The van der Waals surface area contributed by atoms with Crippen molar-refractivity contribution in [2.45, 2.75) is 38.5 Å². The summed E-state index contributed by atoms with van der Waals surface area (Å²) >= 11 is 1.99. The maximum Gasteiger partial charge on any atom is 0.0540 e. The van der Waals surface area contributed by atoms with Crippen LogP contribution < -0.4 is 9.80 Å². The molecule has 0 unspecified atom stereocenters. The molecule has 2 nitrogen and oxygen atoms in total. The molecule has 1 heterocycles. The molecule has 284 valence electrons. The molecule has 0 bridgehead atoms. The molecular formula is C56H44N2S. The molecule has 9 aromatic rings. The molecule has 11 rings (SSSR count). The molecule has 8 aromatic carbocycles. The van der Waals surface area contributed by atoms with Crippen molar-refractivity contribution in [1.29, 1.82) is 0 Å². The quantitative estimate of drug-likeness (QED) is 0.159. The van der Waals surface area contributed by atoms with Crippen molar-refractivity contribution in [3.8, 4) is 32.0 Å². The number of benzene rings is 8. The third-order valence-corrected chi connectivity index (χ3v) is 14.0. The number of hydrogen-bond acceptors (Lipinski definition) is 3. The number of hydrogen-bond donors (Lipinski definition) is 0. The minimum Gasteiger partial charge on any atom is -0.310 e. The molecule has 0 saturated carbocycles. The smallest absolute Gasteiger partial charge is 0.0540 e. The molecule has 0 aliphatic heterocycles. The summed E-state index contributed by atoms with van der Waals surface area (Å²) < 4.78 is 0. The summed E-state index contributed by atoms with van der Waals surface area (Å²) in [6.45, 7) is 9.78. The maximum absolute atomic E-state index is 2.47. The second-order valence-electron chi connectivity index (χ2n) is 17.0. The summed E-state index contributed by atoms with van der Waals surface area (Å²) in [5.41, 5.74) is 17.4. The fourth-order valence-electron chi connectivity index (χ4n) is 9.92. The van der Waals surface area contributed by atoms with Crippen molar-refractivity contribution < 1.29 is 0 Å². The number of fused-ring (bicyclic) bond motifs is 8. The van der Waals surface area contributed by atoms with Crippen molar-refractivity contribution >= 4 is 56.2 Å². The Hall–Kier alpha value is -6.68. The summed E-state index contributed by atoms with van der Waals surface area (Å²) in [6, 6.07) is 70.9. The topological polar surface area (TPSA) is 6.48 Å². The molecule has 0 radical (unpaired) electrons. The second-order valence-corrected chi connectivity index (χ2v) is 18.0. The van der Waals surface area contributed by atoms with Gasteiger partial charge in [-0.1, -0.05) is 155 Å². The molecule has 1 aromatic heterocycles. The summed E-state index contributed by atoms with van der Waals surface area (Å²) in [4.78, 5) is 7.69. The van der Waals surface area contributed by atoms with E-state index in [0.29, 0.717) is 0 Å². The van der Waals surface area contributed by atoms with E-state index in [1.165, 1.54) is 76.4 Å². The highest BCUT2D eigenvalue weighted by molar-refractivity contribution is 7.19. The van der Waals surface area contributed by atoms with Crippen molar-refractivity contribution in [1.82, 2.24) is 0 Å². The number of rotatable bonds is 7. The van der Waals surface area contributed by atoms with Crippen molar-refractivity contribution in [3.05, 3.63) is 216 Å². The van der Waals surface area contributed by atoms with Crippen LogP contribution in [0.1, 0.15) is 49.9 Å². The van der Waals surface area contributed by atoms with Gasteiger partial charge in [0.25, 0.3) is 0 Å². The third kappa shape index (κ3) is 5.52. The fourth-order valence-corrected chi connectivity index (χ4v) is 11.6. The van der Waals surface area contributed by atoms with Crippen LogP contribution in [-0.4, -0.2) is 0 Å². The van der Waals surface area contributed by atoms with Gasteiger partial charge in [-0.25, -0.2) is 0 Å². The van der Waals surface area contributed by atoms with Crippen LogP contribution in [0, 0.1) is 0 Å².